The van der Waals surface area contributed by atoms with Crippen LogP contribution in [0.1, 0.15) is 19.3 Å². The lowest BCUT2D eigenvalue weighted by molar-refractivity contribution is 0.0617. The summed E-state index contributed by atoms with van der Waals surface area (Å²) in [5.74, 6) is 0.824. The van der Waals surface area contributed by atoms with Gasteiger partial charge in [0.05, 0.1) is 0 Å². The Hall–Kier alpha value is -1.06. The molecule has 0 saturated carbocycles. The minimum Gasteiger partial charge on any atom is -0.491 e. The molecule has 1 saturated heterocycles. The molecule has 17 heavy (non-hydrogen) atoms. The molecule has 2 rings (SSSR count). The molecular formula is C14H21NO2. The van der Waals surface area contributed by atoms with E-state index < -0.39 is 6.10 Å². The summed E-state index contributed by atoms with van der Waals surface area (Å²) >= 11 is 0. The third kappa shape index (κ3) is 4.36. The molecule has 1 aliphatic rings. The fraction of sp³-hybridized carbons (Fsp3) is 0.571. The van der Waals surface area contributed by atoms with Crippen molar-refractivity contribution in [3.63, 3.8) is 0 Å². The Labute approximate surface area is 103 Å². The summed E-state index contributed by atoms with van der Waals surface area (Å²) in [4.78, 5) is 2.32. The van der Waals surface area contributed by atoms with Crippen molar-refractivity contribution < 1.29 is 9.84 Å². The molecule has 0 bridgehead atoms. The number of rotatable bonds is 5. The van der Waals surface area contributed by atoms with Crippen molar-refractivity contribution in [3.8, 4) is 5.75 Å². The largest absolute Gasteiger partial charge is 0.491 e. The first-order valence-corrected chi connectivity index (χ1v) is 6.43. The third-order valence-electron chi connectivity index (χ3n) is 3.10. The van der Waals surface area contributed by atoms with Gasteiger partial charge in [-0.3, -0.25) is 0 Å². The van der Waals surface area contributed by atoms with Gasteiger partial charge in [0, 0.05) is 6.54 Å². The minimum atomic E-state index is -0.395. The summed E-state index contributed by atoms with van der Waals surface area (Å²) in [7, 11) is 0. The molecule has 1 fully saturated rings. The maximum atomic E-state index is 9.90. The lowest BCUT2D eigenvalue weighted by atomic mass is 10.1. The predicted molar refractivity (Wildman–Crippen MR) is 68.2 cm³/mol. The Kier molecular flexibility index (Phi) is 4.83. The van der Waals surface area contributed by atoms with Crippen LogP contribution in [0.25, 0.3) is 0 Å². The van der Waals surface area contributed by atoms with E-state index in [0.717, 1.165) is 25.4 Å². The second kappa shape index (κ2) is 6.62. The van der Waals surface area contributed by atoms with E-state index in [-0.39, 0.29) is 0 Å². The number of β-amino-alcohol motifs (C(OH)–C–C–N with tert-alkyl or cyclic N) is 1. The second-order valence-electron chi connectivity index (χ2n) is 4.64. The van der Waals surface area contributed by atoms with Gasteiger partial charge < -0.3 is 14.7 Å². The maximum absolute atomic E-state index is 9.90. The molecule has 1 N–H and O–H groups in total. The van der Waals surface area contributed by atoms with Gasteiger partial charge in [-0.05, 0) is 38.1 Å². The average molecular weight is 235 g/mol. The number of para-hydroxylation sites is 1. The summed E-state index contributed by atoms with van der Waals surface area (Å²) in [5, 5.41) is 9.90. The SMILES string of the molecule is OC(COc1ccccc1)CN1CCCCC1. The van der Waals surface area contributed by atoms with E-state index in [0.29, 0.717) is 6.61 Å². The van der Waals surface area contributed by atoms with Gasteiger partial charge in [-0.2, -0.15) is 0 Å². The van der Waals surface area contributed by atoms with Crippen LogP contribution in [0.2, 0.25) is 0 Å². The molecule has 0 amide bonds. The predicted octanol–water partition coefficient (Wildman–Crippen LogP) is 1.91. The molecule has 1 atom stereocenters. The van der Waals surface area contributed by atoms with E-state index in [9.17, 15) is 5.11 Å². The minimum absolute atomic E-state index is 0.376. The summed E-state index contributed by atoms with van der Waals surface area (Å²) < 4.78 is 5.53. The fourth-order valence-electron chi connectivity index (χ4n) is 2.20. The zero-order valence-corrected chi connectivity index (χ0v) is 10.2. The molecule has 1 heterocycles. The molecule has 1 aliphatic heterocycles. The van der Waals surface area contributed by atoms with Crippen LogP contribution in [0.15, 0.2) is 30.3 Å². The number of likely N-dealkylation sites (tertiary alicyclic amines) is 1. The Bertz CT molecular complexity index is 309. The van der Waals surface area contributed by atoms with Crippen molar-refractivity contribution in [1.29, 1.82) is 0 Å². The van der Waals surface area contributed by atoms with Gasteiger partial charge >= 0.3 is 0 Å². The maximum Gasteiger partial charge on any atom is 0.119 e. The van der Waals surface area contributed by atoms with Crippen LogP contribution in [0.4, 0.5) is 0 Å². The van der Waals surface area contributed by atoms with Gasteiger partial charge in [0.25, 0.3) is 0 Å². The van der Waals surface area contributed by atoms with Crippen LogP contribution in [-0.4, -0.2) is 42.4 Å². The monoisotopic (exact) mass is 235 g/mol. The highest BCUT2D eigenvalue weighted by Gasteiger charge is 2.14. The lowest BCUT2D eigenvalue weighted by Gasteiger charge is -2.28. The van der Waals surface area contributed by atoms with E-state index in [4.69, 9.17) is 4.74 Å². The van der Waals surface area contributed by atoms with Gasteiger partial charge in [-0.1, -0.05) is 24.6 Å². The molecule has 3 nitrogen and oxygen atoms in total. The highest BCUT2D eigenvalue weighted by Crippen LogP contribution is 2.11. The summed E-state index contributed by atoms with van der Waals surface area (Å²) in [6.45, 7) is 3.33. The first-order chi connectivity index (χ1) is 8.34. The van der Waals surface area contributed by atoms with Crippen LogP contribution in [0, 0.1) is 0 Å². The van der Waals surface area contributed by atoms with Crippen molar-refractivity contribution in [2.75, 3.05) is 26.2 Å². The highest BCUT2D eigenvalue weighted by molar-refractivity contribution is 5.20. The Balaban J connectivity index is 1.68. The number of nitrogens with zero attached hydrogens (tertiary/aromatic N) is 1. The molecule has 0 spiro atoms. The third-order valence-corrected chi connectivity index (χ3v) is 3.10. The number of hydrogen-bond donors (Lipinski definition) is 1. The Morgan fingerprint density at radius 3 is 2.53 bits per heavy atom. The molecule has 3 heteroatoms. The van der Waals surface area contributed by atoms with Gasteiger partial charge in [-0.15, -0.1) is 0 Å². The van der Waals surface area contributed by atoms with Crippen molar-refractivity contribution >= 4 is 0 Å². The van der Waals surface area contributed by atoms with Crippen LogP contribution >= 0.6 is 0 Å². The Morgan fingerprint density at radius 2 is 1.82 bits per heavy atom. The fourth-order valence-corrected chi connectivity index (χ4v) is 2.20. The van der Waals surface area contributed by atoms with Crippen LogP contribution in [-0.2, 0) is 0 Å². The van der Waals surface area contributed by atoms with E-state index in [1.807, 2.05) is 30.3 Å². The van der Waals surface area contributed by atoms with Crippen molar-refractivity contribution in [1.82, 2.24) is 4.90 Å². The smallest absolute Gasteiger partial charge is 0.119 e. The number of aliphatic hydroxyl groups excluding tert-OH is 1. The molecule has 1 unspecified atom stereocenters. The number of aliphatic hydroxyl groups is 1. The standard InChI is InChI=1S/C14H21NO2/c16-13(11-15-9-5-2-6-10-15)12-17-14-7-3-1-4-8-14/h1,3-4,7-8,13,16H,2,5-6,9-12H2. The molecule has 1 aromatic carbocycles. The summed E-state index contributed by atoms with van der Waals surface area (Å²) in [6.07, 6.45) is 3.44. The normalized spacial score (nSPS) is 18.9. The first kappa shape index (κ1) is 12.4. The molecule has 0 radical (unpaired) electrons. The van der Waals surface area contributed by atoms with Gasteiger partial charge in [-0.25, -0.2) is 0 Å². The summed E-state index contributed by atoms with van der Waals surface area (Å²) in [5.41, 5.74) is 0. The van der Waals surface area contributed by atoms with E-state index >= 15 is 0 Å². The van der Waals surface area contributed by atoms with Crippen molar-refractivity contribution in [3.05, 3.63) is 30.3 Å². The average Bonchev–Trinajstić information content (AvgIpc) is 2.39. The number of hydrogen-bond acceptors (Lipinski definition) is 3. The topological polar surface area (TPSA) is 32.7 Å². The zero-order valence-electron chi connectivity index (χ0n) is 10.2. The summed E-state index contributed by atoms with van der Waals surface area (Å²) in [6, 6.07) is 9.65. The van der Waals surface area contributed by atoms with E-state index in [1.54, 1.807) is 0 Å². The van der Waals surface area contributed by atoms with Crippen molar-refractivity contribution in [2.24, 2.45) is 0 Å². The lowest BCUT2D eigenvalue weighted by Crippen LogP contribution is -2.38. The molecule has 0 aliphatic carbocycles. The van der Waals surface area contributed by atoms with Gasteiger partial charge in [0.2, 0.25) is 0 Å². The second-order valence-corrected chi connectivity index (χ2v) is 4.64. The quantitative estimate of drug-likeness (QED) is 0.846. The molecule has 1 aromatic rings. The van der Waals surface area contributed by atoms with Crippen molar-refractivity contribution in [2.45, 2.75) is 25.4 Å². The van der Waals surface area contributed by atoms with E-state index in [1.165, 1.54) is 19.3 Å². The molecule has 0 aromatic heterocycles. The first-order valence-electron chi connectivity index (χ1n) is 6.43. The van der Waals surface area contributed by atoms with E-state index in [2.05, 4.69) is 4.90 Å². The molecular weight excluding hydrogens is 214 g/mol. The van der Waals surface area contributed by atoms with Gasteiger partial charge in [0.15, 0.2) is 0 Å². The van der Waals surface area contributed by atoms with Gasteiger partial charge in [0.1, 0.15) is 18.5 Å². The number of ether oxygens (including phenoxy) is 1. The van der Waals surface area contributed by atoms with Crippen LogP contribution in [0.5, 0.6) is 5.75 Å². The highest BCUT2D eigenvalue weighted by atomic mass is 16.5. The Morgan fingerprint density at radius 1 is 1.12 bits per heavy atom. The zero-order chi connectivity index (χ0) is 11.9. The number of piperidine rings is 1. The van der Waals surface area contributed by atoms with Crippen LogP contribution in [0.3, 0.4) is 0 Å². The molecule has 94 valence electrons. The number of benzene rings is 1. The van der Waals surface area contributed by atoms with Crippen LogP contribution < -0.4 is 4.74 Å².